The van der Waals surface area contributed by atoms with Crippen LogP contribution in [-0.2, 0) is 0 Å². The van der Waals surface area contributed by atoms with E-state index in [0.717, 1.165) is 16.1 Å². The molecule has 0 fully saturated rings. The molecule has 2 rings (SSSR count). The Hall–Kier alpha value is -1.26. The molecule has 0 aliphatic heterocycles. The van der Waals surface area contributed by atoms with E-state index in [-0.39, 0.29) is 5.56 Å². The Morgan fingerprint density at radius 2 is 1.68 bits per heavy atom. The van der Waals surface area contributed by atoms with Gasteiger partial charge in [0.05, 0.1) is 0 Å². The molecule has 0 aromatic heterocycles. The summed E-state index contributed by atoms with van der Waals surface area (Å²) in [6.07, 6.45) is -1.13. The molecular weight excluding hydrogens is 314 g/mol. The summed E-state index contributed by atoms with van der Waals surface area (Å²) in [5.74, 6) is -1.36. The molecule has 0 bridgehead atoms. The van der Waals surface area contributed by atoms with Crippen LogP contribution in [0.4, 0.5) is 8.78 Å². The summed E-state index contributed by atoms with van der Waals surface area (Å²) in [6, 6.07) is 7.51. The number of hydrogen-bond donors (Lipinski definition) is 1. The quantitative estimate of drug-likeness (QED) is 0.865. The molecule has 0 saturated carbocycles. The Labute approximate surface area is 119 Å². The van der Waals surface area contributed by atoms with Crippen LogP contribution in [-0.4, -0.2) is 5.11 Å². The van der Waals surface area contributed by atoms with Gasteiger partial charge in [0.2, 0.25) is 0 Å². The number of aliphatic hydroxyl groups is 1. The highest BCUT2D eigenvalue weighted by Crippen LogP contribution is 2.32. The van der Waals surface area contributed by atoms with Gasteiger partial charge in [0.25, 0.3) is 0 Å². The molecule has 0 saturated heterocycles. The molecule has 1 atom stereocenters. The van der Waals surface area contributed by atoms with E-state index in [0.29, 0.717) is 11.1 Å². The zero-order valence-electron chi connectivity index (χ0n) is 10.5. The van der Waals surface area contributed by atoms with Gasteiger partial charge in [-0.1, -0.05) is 34.1 Å². The van der Waals surface area contributed by atoms with Crippen LogP contribution >= 0.6 is 15.9 Å². The summed E-state index contributed by atoms with van der Waals surface area (Å²) in [5, 5.41) is 10.3. The van der Waals surface area contributed by atoms with Crippen LogP contribution < -0.4 is 0 Å². The minimum absolute atomic E-state index is 0.0743. The summed E-state index contributed by atoms with van der Waals surface area (Å²) >= 11 is 3.38. The highest BCUT2D eigenvalue weighted by atomic mass is 79.9. The first-order valence-corrected chi connectivity index (χ1v) is 6.59. The molecule has 2 aromatic rings. The molecule has 0 spiro atoms. The summed E-state index contributed by atoms with van der Waals surface area (Å²) in [7, 11) is 0. The SMILES string of the molecule is Cc1cc(C(O)c2cccc(C)c2Br)c(F)cc1F. The van der Waals surface area contributed by atoms with E-state index in [2.05, 4.69) is 15.9 Å². The van der Waals surface area contributed by atoms with Crippen LogP contribution in [0.3, 0.4) is 0 Å². The second-order valence-corrected chi connectivity index (χ2v) is 5.30. The Balaban J connectivity index is 2.53. The third kappa shape index (κ3) is 2.69. The Morgan fingerprint density at radius 1 is 1.00 bits per heavy atom. The highest BCUT2D eigenvalue weighted by Gasteiger charge is 2.19. The maximum Gasteiger partial charge on any atom is 0.132 e. The molecule has 0 heterocycles. The van der Waals surface area contributed by atoms with Crippen LogP contribution in [0.5, 0.6) is 0 Å². The number of benzene rings is 2. The second-order valence-electron chi connectivity index (χ2n) is 4.50. The van der Waals surface area contributed by atoms with Gasteiger partial charge in [-0.25, -0.2) is 8.78 Å². The molecule has 0 aliphatic rings. The molecule has 100 valence electrons. The van der Waals surface area contributed by atoms with Gasteiger partial charge < -0.3 is 5.11 Å². The standard InChI is InChI=1S/C15H13BrF2O/c1-8-4-3-5-10(14(8)16)15(19)11-6-9(2)12(17)7-13(11)18/h3-7,15,19H,1-2H3. The molecule has 0 amide bonds. The fourth-order valence-corrected chi connectivity index (χ4v) is 2.42. The van der Waals surface area contributed by atoms with Crippen LogP contribution in [0.15, 0.2) is 34.8 Å². The zero-order chi connectivity index (χ0) is 14.2. The molecule has 0 radical (unpaired) electrons. The van der Waals surface area contributed by atoms with E-state index in [1.165, 1.54) is 13.0 Å². The van der Waals surface area contributed by atoms with E-state index in [1.807, 2.05) is 13.0 Å². The number of aryl methyl sites for hydroxylation is 2. The maximum atomic E-state index is 13.8. The van der Waals surface area contributed by atoms with Crippen molar-refractivity contribution >= 4 is 15.9 Å². The van der Waals surface area contributed by atoms with Gasteiger partial charge in [-0.2, -0.15) is 0 Å². The van der Waals surface area contributed by atoms with Crippen molar-refractivity contribution in [2.75, 3.05) is 0 Å². The average Bonchev–Trinajstić information content (AvgIpc) is 2.36. The lowest BCUT2D eigenvalue weighted by molar-refractivity contribution is 0.213. The monoisotopic (exact) mass is 326 g/mol. The largest absolute Gasteiger partial charge is 0.384 e. The van der Waals surface area contributed by atoms with Crippen molar-refractivity contribution in [1.82, 2.24) is 0 Å². The van der Waals surface area contributed by atoms with Crippen LogP contribution in [0.2, 0.25) is 0 Å². The Bertz CT molecular complexity index is 626. The molecule has 1 N–H and O–H groups in total. The fourth-order valence-electron chi connectivity index (χ4n) is 1.94. The predicted molar refractivity (Wildman–Crippen MR) is 74.0 cm³/mol. The normalized spacial score (nSPS) is 12.5. The first kappa shape index (κ1) is 14.2. The van der Waals surface area contributed by atoms with Gasteiger partial charge in [-0.3, -0.25) is 0 Å². The van der Waals surface area contributed by atoms with Gasteiger partial charge in [-0.05, 0) is 36.6 Å². The highest BCUT2D eigenvalue weighted by molar-refractivity contribution is 9.10. The lowest BCUT2D eigenvalue weighted by Gasteiger charge is -2.16. The third-order valence-electron chi connectivity index (χ3n) is 3.09. The summed E-state index contributed by atoms with van der Waals surface area (Å²) < 4.78 is 27.7. The number of hydrogen-bond acceptors (Lipinski definition) is 1. The average molecular weight is 327 g/mol. The Kier molecular flexibility index (Phi) is 4.02. The van der Waals surface area contributed by atoms with Crippen molar-refractivity contribution in [2.45, 2.75) is 20.0 Å². The minimum Gasteiger partial charge on any atom is -0.384 e. The number of halogens is 3. The number of aliphatic hydroxyl groups excluding tert-OH is 1. The van der Waals surface area contributed by atoms with Gasteiger partial charge in [0.15, 0.2) is 0 Å². The lowest BCUT2D eigenvalue weighted by Crippen LogP contribution is -2.05. The van der Waals surface area contributed by atoms with Gasteiger partial charge >= 0.3 is 0 Å². The van der Waals surface area contributed by atoms with Crippen molar-refractivity contribution in [3.8, 4) is 0 Å². The molecule has 1 nitrogen and oxygen atoms in total. The molecule has 4 heteroatoms. The summed E-state index contributed by atoms with van der Waals surface area (Å²) in [4.78, 5) is 0. The van der Waals surface area contributed by atoms with Crippen LogP contribution in [0.25, 0.3) is 0 Å². The fraction of sp³-hybridized carbons (Fsp3) is 0.200. The van der Waals surface area contributed by atoms with Crippen molar-refractivity contribution in [3.63, 3.8) is 0 Å². The topological polar surface area (TPSA) is 20.2 Å². The van der Waals surface area contributed by atoms with E-state index in [9.17, 15) is 13.9 Å². The van der Waals surface area contributed by atoms with Crippen molar-refractivity contribution in [1.29, 1.82) is 0 Å². The summed E-state index contributed by atoms with van der Waals surface area (Å²) in [6.45, 7) is 3.42. The number of rotatable bonds is 2. The first-order valence-electron chi connectivity index (χ1n) is 5.80. The maximum absolute atomic E-state index is 13.8. The molecular formula is C15H13BrF2O. The molecule has 0 aliphatic carbocycles. The summed E-state index contributed by atoms with van der Waals surface area (Å²) in [5.41, 5.74) is 1.88. The molecule has 2 aromatic carbocycles. The van der Waals surface area contributed by atoms with Gasteiger partial charge in [0, 0.05) is 16.1 Å². The van der Waals surface area contributed by atoms with Gasteiger partial charge in [0.1, 0.15) is 17.7 Å². The second kappa shape index (κ2) is 5.39. The predicted octanol–water partition coefficient (Wildman–Crippen LogP) is 4.43. The molecule has 19 heavy (non-hydrogen) atoms. The van der Waals surface area contributed by atoms with E-state index in [1.54, 1.807) is 12.1 Å². The minimum atomic E-state index is -1.13. The first-order chi connectivity index (χ1) is 8.91. The lowest BCUT2D eigenvalue weighted by atomic mass is 9.98. The van der Waals surface area contributed by atoms with Gasteiger partial charge in [-0.15, -0.1) is 0 Å². The van der Waals surface area contributed by atoms with E-state index in [4.69, 9.17) is 0 Å². The third-order valence-corrected chi connectivity index (χ3v) is 4.17. The smallest absolute Gasteiger partial charge is 0.132 e. The van der Waals surface area contributed by atoms with E-state index < -0.39 is 17.7 Å². The van der Waals surface area contributed by atoms with Crippen molar-refractivity contribution in [2.24, 2.45) is 0 Å². The van der Waals surface area contributed by atoms with Crippen molar-refractivity contribution in [3.05, 3.63) is 68.7 Å². The van der Waals surface area contributed by atoms with E-state index >= 15 is 0 Å². The van der Waals surface area contributed by atoms with Crippen molar-refractivity contribution < 1.29 is 13.9 Å². The Morgan fingerprint density at radius 3 is 2.37 bits per heavy atom. The molecule has 1 unspecified atom stereocenters. The zero-order valence-corrected chi connectivity index (χ0v) is 12.1. The van der Waals surface area contributed by atoms with Crippen LogP contribution in [0.1, 0.15) is 28.4 Å². The van der Waals surface area contributed by atoms with Crippen LogP contribution in [0, 0.1) is 25.5 Å².